The Morgan fingerprint density at radius 2 is 1.59 bits per heavy atom. The predicted molar refractivity (Wildman–Crippen MR) is 141 cm³/mol. The highest BCUT2D eigenvalue weighted by Gasteiger charge is 2.46. The highest BCUT2D eigenvalue weighted by atomic mass is 35.5. The van der Waals surface area contributed by atoms with Crippen molar-refractivity contribution in [2.24, 2.45) is 0 Å². The molecule has 1 amide bonds. The number of ether oxygens (including phenoxy) is 2. The topological polar surface area (TPSA) is 96.3 Å². The third-order valence-electron chi connectivity index (χ3n) is 5.88. The van der Waals surface area contributed by atoms with Crippen molar-refractivity contribution in [1.29, 1.82) is 0 Å². The number of rotatable bonds is 6. The van der Waals surface area contributed by atoms with E-state index < -0.39 is 23.5 Å². The van der Waals surface area contributed by atoms with Gasteiger partial charge in [0.05, 0.1) is 23.7 Å². The summed E-state index contributed by atoms with van der Waals surface area (Å²) >= 11 is 6.35. The Kier molecular flexibility index (Phi) is 7.18. The highest BCUT2D eigenvalue weighted by molar-refractivity contribution is 6.47. The summed E-state index contributed by atoms with van der Waals surface area (Å²) in [5, 5.41) is 21.3. The van der Waals surface area contributed by atoms with Crippen molar-refractivity contribution in [3.05, 3.63) is 94.0 Å². The van der Waals surface area contributed by atoms with Crippen LogP contribution in [0.4, 0.5) is 0 Å². The molecule has 37 heavy (non-hydrogen) atoms. The molecule has 2 N–H and O–H groups in total. The average molecular weight is 522 g/mol. The van der Waals surface area contributed by atoms with Crippen LogP contribution in [-0.2, 0) is 16.1 Å². The van der Waals surface area contributed by atoms with Gasteiger partial charge in [-0.05, 0) is 74.4 Å². The summed E-state index contributed by atoms with van der Waals surface area (Å²) in [6.45, 7) is 5.96. The summed E-state index contributed by atoms with van der Waals surface area (Å²) in [7, 11) is 1.47. The molecule has 192 valence electrons. The number of methoxy groups -OCH3 is 1. The smallest absolute Gasteiger partial charge is 0.295 e. The third kappa shape index (κ3) is 5.57. The van der Waals surface area contributed by atoms with Crippen LogP contribution in [0, 0.1) is 0 Å². The molecular weight excluding hydrogens is 494 g/mol. The second-order valence-electron chi connectivity index (χ2n) is 9.72. The lowest BCUT2D eigenvalue weighted by Gasteiger charge is -2.26. The van der Waals surface area contributed by atoms with Gasteiger partial charge in [-0.25, -0.2) is 0 Å². The summed E-state index contributed by atoms with van der Waals surface area (Å²) in [6.07, 6.45) is 0. The molecule has 0 aliphatic carbocycles. The fraction of sp³-hybridized carbons (Fsp3) is 0.241. The molecule has 1 saturated heterocycles. The molecule has 3 aromatic carbocycles. The SMILES string of the molecule is COc1ccc(Cl)c(/C(O)=C2\C(=O)C(=O)N(Cc3ccc(OC(C)(C)C)cc3)C2c2ccc(O)cc2)c1. The largest absolute Gasteiger partial charge is 0.508 e. The Bertz CT molecular complexity index is 1360. The van der Waals surface area contributed by atoms with Crippen LogP contribution in [0.2, 0.25) is 5.02 Å². The molecule has 0 aromatic heterocycles. The Morgan fingerprint density at radius 1 is 0.973 bits per heavy atom. The van der Waals surface area contributed by atoms with Crippen molar-refractivity contribution in [1.82, 2.24) is 4.90 Å². The number of amides is 1. The molecule has 3 aromatic rings. The van der Waals surface area contributed by atoms with Crippen LogP contribution in [0.1, 0.15) is 43.5 Å². The maximum atomic E-state index is 13.3. The number of nitrogens with zero attached hydrogens (tertiary/aromatic N) is 1. The lowest BCUT2D eigenvalue weighted by molar-refractivity contribution is -0.140. The van der Waals surface area contributed by atoms with E-state index in [0.29, 0.717) is 17.1 Å². The van der Waals surface area contributed by atoms with Crippen LogP contribution in [0.3, 0.4) is 0 Å². The van der Waals surface area contributed by atoms with Crippen molar-refractivity contribution in [2.75, 3.05) is 7.11 Å². The second-order valence-corrected chi connectivity index (χ2v) is 10.1. The van der Waals surface area contributed by atoms with Crippen molar-refractivity contribution in [3.63, 3.8) is 0 Å². The summed E-state index contributed by atoms with van der Waals surface area (Å²) in [5.41, 5.74) is 1.03. The molecule has 1 heterocycles. The van der Waals surface area contributed by atoms with E-state index in [4.69, 9.17) is 21.1 Å². The minimum atomic E-state index is -0.909. The monoisotopic (exact) mass is 521 g/mol. The predicted octanol–water partition coefficient (Wildman–Crippen LogP) is 5.85. The van der Waals surface area contributed by atoms with Gasteiger partial charge in [-0.3, -0.25) is 9.59 Å². The van der Waals surface area contributed by atoms with E-state index in [1.165, 1.54) is 30.2 Å². The Morgan fingerprint density at radius 3 is 2.19 bits per heavy atom. The zero-order valence-electron chi connectivity index (χ0n) is 21.0. The molecule has 7 nitrogen and oxygen atoms in total. The molecule has 0 saturated carbocycles. The Hall–Kier alpha value is -3.97. The van der Waals surface area contributed by atoms with E-state index in [1.807, 2.05) is 45.0 Å². The van der Waals surface area contributed by atoms with Crippen LogP contribution in [0.5, 0.6) is 17.2 Å². The molecule has 1 unspecified atom stereocenters. The van der Waals surface area contributed by atoms with E-state index in [-0.39, 0.29) is 34.1 Å². The van der Waals surface area contributed by atoms with Crippen LogP contribution < -0.4 is 9.47 Å². The van der Waals surface area contributed by atoms with E-state index in [9.17, 15) is 19.8 Å². The molecule has 1 aliphatic rings. The second kappa shape index (κ2) is 10.2. The first-order valence-corrected chi connectivity index (χ1v) is 12.1. The number of likely N-dealkylation sites (tertiary alicyclic amines) is 1. The van der Waals surface area contributed by atoms with E-state index in [2.05, 4.69) is 0 Å². The fourth-order valence-electron chi connectivity index (χ4n) is 4.22. The summed E-state index contributed by atoms with van der Waals surface area (Å²) in [5.74, 6) is -0.849. The van der Waals surface area contributed by atoms with Crippen molar-refractivity contribution in [2.45, 2.75) is 39.0 Å². The van der Waals surface area contributed by atoms with Gasteiger partial charge in [0.1, 0.15) is 28.6 Å². The zero-order chi connectivity index (χ0) is 26.9. The normalized spacial score (nSPS) is 17.2. The minimum absolute atomic E-state index is 0.0333. The van der Waals surface area contributed by atoms with Gasteiger partial charge in [0.2, 0.25) is 0 Å². The number of benzene rings is 3. The number of aliphatic hydroxyl groups excluding tert-OH is 1. The first-order valence-electron chi connectivity index (χ1n) is 11.7. The van der Waals surface area contributed by atoms with Crippen LogP contribution >= 0.6 is 11.6 Å². The summed E-state index contributed by atoms with van der Waals surface area (Å²) in [6, 6.07) is 17.2. The number of carbonyl (C=O) groups excluding carboxylic acids is 2. The summed E-state index contributed by atoms with van der Waals surface area (Å²) in [4.78, 5) is 28.0. The lowest BCUT2D eigenvalue weighted by Crippen LogP contribution is -2.29. The molecule has 1 fully saturated rings. The number of hydrogen-bond donors (Lipinski definition) is 2. The van der Waals surface area contributed by atoms with Gasteiger partial charge in [-0.2, -0.15) is 0 Å². The molecule has 8 heteroatoms. The number of phenols is 1. The van der Waals surface area contributed by atoms with Crippen LogP contribution in [-0.4, -0.2) is 39.5 Å². The third-order valence-corrected chi connectivity index (χ3v) is 6.21. The molecule has 0 spiro atoms. The molecule has 1 aliphatic heterocycles. The van der Waals surface area contributed by atoms with Gasteiger partial charge in [-0.15, -0.1) is 0 Å². The number of phenolic OH excluding ortho intramolecular Hbond substituents is 1. The molecule has 4 rings (SSSR count). The maximum Gasteiger partial charge on any atom is 0.295 e. The first kappa shape index (κ1) is 26.1. The van der Waals surface area contributed by atoms with E-state index in [1.54, 1.807) is 24.3 Å². The number of Topliss-reactive ketones (excluding diaryl/α,β-unsaturated/α-hetero) is 1. The molecule has 1 atom stereocenters. The zero-order valence-corrected chi connectivity index (χ0v) is 21.7. The van der Waals surface area contributed by atoms with Crippen molar-refractivity contribution >= 4 is 29.1 Å². The van der Waals surface area contributed by atoms with Crippen LogP contribution in [0.15, 0.2) is 72.3 Å². The number of aliphatic hydroxyl groups is 1. The van der Waals surface area contributed by atoms with Gasteiger partial charge in [0.15, 0.2) is 0 Å². The number of halogens is 1. The van der Waals surface area contributed by atoms with Gasteiger partial charge >= 0.3 is 0 Å². The average Bonchev–Trinajstić information content (AvgIpc) is 3.09. The number of hydrogen-bond acceptors (Lipinski definition) is 6. The van der Waals surface area contributed by atoms with Crippen molar-refractivity contribution < 1.29 is 29.3 Å². The van der Waals surface area contributed by atoms with E-state index in [0.717, 1.165) is 5.56 Å². The fourth-order valence-corrected chi connectivity index (χ4v) is 4.42. The maximum absolute atomic E-state index is 13.3. The summed E-state index contributed by atoms with van der Waals surface area (Å²) < 4.78 is 11.1. The highest BCUT2D eigenvalue weighted by Crippen LogP contribution is 2.42. The Balaban J connectivity index is 1.79. The van der Waals surface area contributed by atoms with Gasteiger partial charge in [0, 0.05) is 12.1 Å². The van der Waals surface area contributed by atoms with Crippen molar-refractivity contribution in [3.8, 4) is 17.2 Å². The van der Waals surface area contributed by atoms with Gasteiger partial charge in [-0.1, -0.05) is 35.9 Å². The molecular formula is C29H28ClNO6. The number of ketones is 1. The Labute approximate surface area is 220 Å². The molecule has 0 bridgehead atoms. The first-order chi connectivity index (χ1) is 17.5. The number of aromatic hydroxyl groups is 1. The standard InChI is InChI=1S/C29H28ClNO6/c1-29(2,3)37-20-11-5-17(6-12-20)16-31-25(18-7-9-19(32)10-8-18)24(27(34)28(31)35)26(33)22-15-21(36-4)13-14-23(22)30/h5-15,25,32-33H,16H2,1-4H3/b26-24+. The number of carbonyl (C=O) groups is 2. The van der Waals surface area contributed by atoms with Gasteiger partial charge in [0.25, 0.3) is 11.7 Å². The molecule has 0 radical (unpaired) electrons. The minimum Gasteiger partial charge on any atom is -0.508 e. The van der Waals surface area contributed by atoms with E-state index >= 15 is 0 Å². The van der Waals surface area contributed by atoms with Gasteiger partial charge < -0.3 is 24.6 Å². The van der Waals surface area contributed by atoms with Crippen LogP contribution in [0.25, 0.3) is 5.76 Å². The lowest BCUT2D eigenvalue weighted by atomic mass is 9.95. The quantitative estimate of drug-likeness (QED) is 0.240.